The Morgan fingerprint density at radius 3 is 3.16 bits per heavy atom. The Morgan fingerprint density at radius 2 is 2.32 bits per heavy atom. The summed E-state index contributed by atoms with van der Waals surface area (Å²) in [6.07, 6.45) is 8.35. The van der Waals surface area contributed by atoms with Crippen molar-refractivity contribution in [3.05, 3.63) is 30.4 Å². The molecule has 0 bridgehead atoms. The van der Waals surface area contributed by atoms with Crippen LogP contribution in [0.15, 0.2) is 18.7 Å². The Hall–Kier alpha value is -2.18. The maximum atomic E-state index is 11.8. The van der Waals surface area contributed by atoms with Gasteiger partial charge in [0.05, 0.1) is 12.9 Å². The van der Waals surface area contributed by atoms with Crippen molar-refractivity contribution in [2.45, 2.75) is 38.9 Å². The van der Waals surface area contributed by atoms with Gasteiger partial charge in [-0.05, 0) is 12.8 Å². The van der Waals surface area contributed by atoms with Gasteiger partial charge in [0.2, 0.25) is 5.91 Å². The predicted molar refractivity (Wildman–Crippen MR) is 67.0 cm³/mol. The lowest BCUT2D eigenvalue weighted by Gasteiger charge is -2.14. The molecule has 100 valence electrons. The van der Waals surface area contributed by atoms with E-state index in [2.05, 4.69) is 25.1 Å². The molecule has 7 heteroatoms. The van der Waals surface area contributed by atoms with E-state index < -0.39 is 0 Å². The predicted octanol–water partition coefficient (Wildman–Crippen LogP) is 0.127. The molecular formula is C12H16N6O. The Balaban J connectivity index is 1.57. The summed E-state index contributed by atoms with van der Waals surface area (Å²) in [6, 6.07) is 0. The monoisotopic (exact) mass is 260 g/mol. The van der Waals surface area contributed by atoms with Crippen LogP contribution in [0.3, 0.4) is 0 Å². The number of imidazole rings is 1. The molecule has 0 spiro atoms. The zero-order valence-corrected chi connectivity index (χ0v) is 10.6. The Bertz CT molecular complexity index is 559. The van der Waals surface area contributed by atoms with Crippen LogP contribution in [0.1, 0.15) is 24.5 Å². The number of carbonyl (C=O) groups is 1. The lowest BCUT2D eigenvalue weighted by atomic mass is 10.2. The fourth-order valence-electron chi connectivity index (χ4n) is 2.28. The first-order chi connectivity index (χ1) is 9.33. The Morgan fingerprint density at radius 1 is 1.37 bits per heavy atom. The van der Waals surface area contributed by atoms with Gasteiger partial charge in [-0.1, -0.05) is 0 Å². The zero-order valence-electron chi connectivity index (χ0n) is 10.6. The van der Waals surface area contributed by atoms with Gasteiger partial charge in [0, 0.05) is 25.4 Å². The molecule has 3 heterocycles. The summed E-state index contributed by atoms with van der Waals surface area (Å²) in [6.45, 7) is 1.66. The lowest BCUT2D eigenvalue weighted by Crippen LogP contribution is -2.28. The SMILES string of the molecule is O=C(Cn1ccnc1)NCc1nnc2n1CCCC2. The van der Waals surface area contributed by atoms with Gasteiger partial charge in [-0.15, -0.1) is 10.2 Å². The van der Waals surface area contributed by atoms with E-state index in [0.717, 1.165) is 31.0 Å². The van der Waals surface area contributed by atoms with Crippen LogP contribution >= 0.6 is 0 Å². The third-order valence-corrected chi connectivity index (χ3v) is 3.27. The molecule has 1 N–H and O–H groups in total. The first-order valence-corrected chi connectivity index (χ1v) is 6.46. The summed E-state index contributed by atoms with van der Waals surface area (Å²) >= 11 is 0. The van der Waals surface area contributed by atoms with E-state index in [-0.39, 0.29) is 12.5 Å². The van der Waals surface area contributed by atoms with Crippen LogP contribution in [0.5, 0.6) is 0 Å². The molecule has 7 nitrogen and oxygen atoms in total. The van der Waals surface area contributed by atoms with Gasteiger partial charge >= 0.3 is 0 Å². The van der Waals surface area contributed by atoms with E-state index in [9.17, 15) is 4.79 Å². The molecule has 0 radical (unpaired) electrons. The summed E-state index contributed by atoms with van der Waals surface area (Å²) in [5, 5.41) is 11.2. The van der Waals surface area contributed by atoms with E-state index in [1.54, 1.807) is 23.3 Å². The Labute approximate surface area is 110 Å². The molecule has 0 aliphatic carbocycles. The zero-order chi connectivity index (χ0) is 13.1. The fraction of sp³-hybridized carbons (Fsp3) is 0.500. The van der Waals surface area contributed by atoms with Crippen molar-refractivity contribution in [1.82, 2.24) is 29.6 Å². The third-order valence-electron chi connectivity index (χ3n) is 3.27. The number of carbonyl (C=O) groups excluding carboxylic acids is 1. The van der Waals surface area contributed by atoms with E-state index in [0.29, 0.717) is 6.54 Å². The number of aromatic nitrogens is 5. The highest BCUT2D eigenvalue weighted by Crippen LogP contribution is 2.13. The van der Waals surface area contributed by atoms with Crippen molar-refractivity contribution in [2.24, 2.45) is 0 Å². The number of hydrogen-bond donors (Lipinski definition) is 1. The van der Waals surface area contributed by atoms with Gasteiger partial charge in [0.25, 0.3) is 0 Å². The molecule has 3 rings (SSSR count). The summed E-state index contributed by atoms with van der Waals surface area (Å²) in [4.78, 5) is 15.7. The van der Waals surface area contributed by atoms with Crippen LogP contribution in [0.2, 0.25) is 0 Å². The Kier molecular flexibility index (Phi) is 3.26. The second-order valence-corrected chi connectivity index (χ2v) is 4.65. The van der Waals surface area contributed by atoms with Crippen molar-refractivity contribution in [2.75, 3.05) is 0 Å². The maximum Gasteiger partial charge on any atom is 0.240 e. The second-order valence-electron chi connectivity index (χ2n) is 4.65. The van der Waals surface area contributed by atoms with Crippen LogP contribution in [0, 0.1) is 0 Å². The van der Waals surface area contributed by atoms with Crippen LogP contribution in [0.25, 0.3) is 0 Å². The van der Waals surface area contributed by atoms with Crippen molar-refractivity contribution in [1.29, 1.82) is 0 Å². The average Bonchev–Trinajstić information content (AvgIpc) is 3.05. The molecule has 1 aliphatic rings. The summed E-state index contributed by atoms with van der Waals surface area (Å²) in [5.41, 5.74) is 0. The van der Waals surface area contributed by atoms with E-state index >= 15 is 0 Å². The normalized spacial score (nSPS) is 14.1. The molecule has 0 saturated heterocycles. The van der Waals surface area contributed by atoms with E-state index in [1.165, 1.54) is 6.42 Å². The first kappa shape index (κ1) is 11.9. The highest BCUT2D eigenvalue weighted by molar-refractivity contribution is 5.75. The summed E-state index contributed by atoms with van der Waals surface area (Å²) in [5.74, 6) is 1.82. The molecule has 2 aromatic rings. The molecule has 0 unspecified atom stereocenters. The first-order valence-electron chi connectivity index (χ1n) is 6.46. The highest BCUT2D eigenvalue weighted by atomic mass is 16.1. The molecule has 1 amide bonds. The standard InChI is InChI=1S/C12H16N6O/c19-12(8-17-6-4-13-9-17)14-7-11-16-15-10-3-1-2-5-18(10)11/h4,6,9H,1-3,5,7-8H2,(H,14,19). The van der Waals surface area contributed by atoms with Crippen LogP contribution in [-0.4, -0.2) is 30.2 Å². The minimum atomic E-state index is -0.0499. The van der Waals surface area contributed by atoms with Gasteiger partial charge in [-0.3, -0.25) is 4.79 Å². The van der Waals surface area contributed by atoms with E-state index in [4.69, 9.17) is 0 Å². The maximum absolute atomic E-state index is 11.8. The van der Waals surface area contributed by atoms with Gasteiger partial charge in [0.1, 0.15) is 12.4 Å². The molecule has 1 aliphatic heterocycles. The number of nitrogens with one attached hydrogen (secondary N) is 1. The minimum absolute atomic E-state index is 0.0499. The average molecular weight is 260 g/mol. The van der Waals surface area contributed by atoms with Crippen LogP contribution in [-0.2, 0) is 30.8 Å². The molecule has 0 saturated carbocycles. The molecule has 2 aromatic heterocycles. The number of hydrogen-bond acceptors (Lipinski definition) is 4. The van der Waals surface area contributed by atoms with Crippen molar-refractivity contribution in [3.8, 4) is 0 Å². The lowest BCUT2D eigenvalue weighted by molar-refractivity contribution is -0.121. The van der Waals surface area contributed by atoms with Crippen molar-refractivity contribution < 1.29 is 4.79 Å². The summed E-state index contributed by atoms with van der Waals surface area (Å²) in [7, 11) is 0. The van der Waals surface area contributed by atoms with Crippen LogP contribution in [0.4, 0.5) is 0 Å². The van der Waals surface area contributed by atoms with Gasteiger partial charge in [-0.25, -0.2) is 4.98 Å². The van der Waals surface area contributed by atoms with Gasteiger partial charge in [0.15, 0.2) is 5.82 Å². The number of rotatable bonds is 4. The number of amides is 1. The van der Waals surface area contributed by atoms with Gasteiger partial charge in [-0.2, -0.15) is 0 Å². The number of fused-ring (bicyclic) bond motifs is 1. The molecule has 0 fully saturated rings. The van der Waals surface area contributed by atoms with Crippen LogP contribution < -0.4 is 5.32 Å². The number of nitrogens with zero attached hydrogens (tertiary/aromatic N) is 5. The van der Waals surface area contributed by atoms with Crippen molar-refractivity contribution >= 4 is 5.91 Å². The summed E-state index contributed by atoms with van der Waals surface area (Å²) < 4.78 is 3.84. The van der Waals surface area contributed by atoms with E-state index in [1.807, 2.05) is 0 Å². The quantitative estimate of drug-likeness (QED) is 0.847. The highest BCUT2D eigenvalue weighted by Gasteiger charge is 2.15. The van der Waals surface area contributed by atoms with Gasteiger partial charge < -0.3 is 14.5 Å². The molecular weight excluding hydrogens is 244 g/mol. The molecule has 0 atom stereocenters. The second kappa shape index (κ2) is 5.21. The third kappa shape index (κ3) is 2.64. The molecule has 0 aromatic carbocycles. The number of aryl methyl sites for hydroxylation is 1. The molecule has 19 heavy (non-hydrogen) atoms. The minimum Gasteiger partial charge on any atom is -0.347 e. The topological polar surface area (TPSA) is 77.6 Å². The largest absolute Gasteiger partial charge is 0.347 e. The van der Waals surface area contributed by atoms with Crippen molar-refractivity contribution in [3.63, 3.8) is 0 Å². The fourth-order valence-corrected chi connectivity index (χ4v) is 2.28. The smallest absolute Gasteiger partial charge is 0.240 e.